The summed E-state index contributed by atoms with van der Waals surface area (Å²) in [5, 5.41) is 0. The van der Waals surface area contributed by atoms with E-state index < -0.39 is 0 Å². The summed E-state index contributed by atoms with van der Waals surface area (Å²) in [6.07, 6.45) is 4.33. The van der Waals surface area contributed by atoms with Crippen molar-refractivity contribution in [1.29, 1.82) is 0 Å². The number of hydrogen-bond acceptors (Lipinski definition) is 4. The van der Waals surface area contributed by atoms with Gasteiger partial charge in [-0.3, -0.25) is 4.90 Å². The maximum Gasteiger partial charge on any atom is 0.117 e. The first-order valence-electron chi connectivity index (χ1n) is 5.94. The fraction of sp³-hybridized carbons (Fsp3) is 0.667. The molecule has 0 bridgehead atoms. The van der Waals surface area contributed by atoms with Crippen LogP contribution in [0.25, 0.3) is 0 Å². The minimum Gasteiger partial charge on any atom is -0.468 e. The van der Waals surface area contributed by atoms with Gasteiger partial charge in [0.25, 0.3) is 0 Å². The Labute approximate surface area is 96.4 Å². The molecule has 1 aromatic heterocycles. The lowest BCUT2D eigenvalue weighted by Crippen LogP contribution is -2.29. The Morgan fingerprint density at radius 3 is 2.94 bits per heavy atom. The monoisotopic (exact) mass is 224 g/mol. The highest BCUT2D eigenvalue weighted by atomic mass is 16.5. The molecule has 1 saturated carbocycles. The van der Waals surface area contributed by atoms with Gasteiger partial charge in [0.05, 0.1) is 26.0 Å². The molecule has 0 amide bonds. The lowest BCUT2D eigenvalue weighted by molar-refractivity contribution is 0.100. The molecule has 1 aromatic rings. The molecule has 0 saturated heterocycles. The third kappa shape index (κ3) is 3.63. The molecule has 0 radical (unpaired) electrons. The summed E-state index contributed by atoms with van der Waals surface area (Å²) < 4.78 is 10.8. The lowest BCUT2D eigenvalue weighted by atomic mass is 10.4. The standard InChI is InChI=1S/C12H20N2O2/c13-5-8-15-9-6-14(11-3-4-11)10-12-2-1-7-16-12/h1-2,7,11H,3-6,8-10,13H2. The van der Waals surface area contributed by atoms with Crippen LogP contribution in [0.1, 0.15) is 18.6 Å². The van der Waals surface area contributed by atoms with Crippen molar-refractivity contribution in [1.82, 2.24) is 4.90 Å². The first kappa shape index (κ1) is 11.6. The Kier molecular flexibility index (Phi) is 4.39. The second kappa shape index (κ2) is 6.03. The molecular weight excluding hydrogens is 204 g/mol. The predicted octanol–water partition coefficient (Wildman–Crippen LogP) is 1.22. The largest absolute Gasteiger partial charge is 0.468 e. The van der Waals surface area contributed by atoms with Crippen molar-refractivity contribution in [2.75, 3.05) is 26.3 Å². The van der Waals surface area contributed by atoms with E-state index in [4.69, 9.17) is 14.9 Å². The van der Waals surface area contributed by atoms with Gasteiger partial charge in [-0.05, 0) is 25.0 Å². The fourth-order valence-electron chi connectivity index (χ4n) is 1.80. The molecule has 0 spiro atoms. The second-order valence-corrected chi connectivity index (χ2v) is 4.18. The zero-order chi connectivity index (χ0) is 11.2. The first-order valence-corrected chi connectivity index (χ1v) is 5.94. The molecule has 4 nitrogen and oxygen atoms in total. The van der Waals surface area contributed by atoms with Crippen LogP contribution in [-0.4, -0.2) is 37.2 Å². The highest BCUT2D eigenvalue weighted by molar-refractivity contribution is 4.99. The summed E-state index contributed by atoms with van der Waals surface area (Å²) in [6, 6.07) is 4.69. The molecule has 4 heteroatoms. The van der Waals surface area contributed by atoms with Gasteiger partial charge in [-0.25, -0.2) is 0 Å². The van der Waals surface area contributed by atoms with Crippen LogP contribution in [0.4, 0.5) is 0 Å². The van der Waals surface area contributed by atoms with Crippen molar-refractivity contribution in [2.45, 2.75) is 25.4 Å². The van der Waals surface area contributed by atoms with Crippen LogP contribution in [0, 0.1) is 0 Å². The third-order valence-corrected chi connectivity index (χ3v) is 2.79. The number of ether oxygens (including phenoxy) is 1. The summed E-state index contributed by atoms with van der Waals surface area (Å²) in [7, 11) is 0. The lowest BCUT2D eigenvalue weighted by Gasteiger charge is -2.20. The van der Waals surface area contributed by atoms with Gasteiger partial charge >= 0.3 is 0 Å². The van der Waals surface area contributed by atoms with Crippen LogP contribution in [-0.2, 0) is 11.3 Å². The van der Waals surface area contributed by atoms with Gasteiger partial charge in [-0.15, -0.1) is 0 Å². The normalized spacial score (nSPS) is 15.9. The van der Waals surface area contributed by atoms with Gasteiger partial charge in [0.1, 0.15) is 5.76 Å². The van der Waals surface area contributed by atoms with Crippen molar-refractivity contribution in [3.05, 3.63) is 24.2 Å². The Morgan fingerprint density at radius 1 is 1.44 bits per heavy atom. The van der Waals surface area contributed by atoms with E-state index >= 15 is 0 Å². The molecule has 1 heterocycles. The van der Waals surface area contributed by atoms with E-state index in [1.54, 1.807) is 6.26 Å². The van der Waals surface area contributed by atoms with Gasteiger partial charge in [-0.2, -0.15) is 0 Å². The predicted molar refractivity (Wildman–Crippen MR) is 62.0 cm³/mol. The summed E-state index contributed by atoms with van der Waals surface area (Å²) >= 11 is 0. The Balaban J connectivity index is 1.72. The Hall–Kier alpha value is -0.840. The molecule has 2 N–H and O–H groups in total. The summed E-state index contributed by atoms with van der Waals surface area (Å²) in [5.74, 6) is 1.03. The van der Waals surface area contributed by atoms with Crippen LogP contribution in [0.2, 0.25) is 0 Å². The van der Waals surface area contributed by atoms with E-state index in [-0.39, 0.29) is 0 Å². The fourth-order valence-corrected chi connectivity index (χ4v) is 1.80. The molecule has 0 aliphatic heterocycles. The third-order valence-electron chi connectivity index (χ3n) is 2.79. The van der Waals surface area contributed by atoms with E-state index in [1.807, 2.05) is 12.1 Å². The average Bonchev–Trinajstić information content (AvgIpc) is 3.02. The zero-order valence-corrected chi connectivity index (χ0v) is 9.60. The van der Waals surface area contributed by atoms with Gasteiger partial charge in [0.15, 0.2) is 0 Å². The van der Waals surface area contributed by atoms with E-state index in [9.17, 15) is 0 Å². The van der Waals surface area contributed by atoms with Crippen LogP contribution in [0.15, 0.2) is 22.8 Å². The molecule has 90 valence electrons. The average molecular weight is 224 g/mol. The minimum atomic E-state index is 0.599. The topological polar surface area (TPSA) is 51.6 Å². The molecule has 1 fully saturated rings. The van der Waals surface area contributed by atoms with Gasteiger partial charge < -0.3 is 14.9 Å². The SMILES string of the molecule is NCCOCCN(Cc1ccco1)C1CC1. The smallest absolute Gasteiger partial charge is 0.117 e. The minimum absolute atomic E-state index is 0.599. The second-order valence-electron chi connectivity index (χ2n) is 4.18. The number of hydrogen-bond donors (Lipinski definition) is 1. The van der Waals surface area contributed by atoms with Crippen LogP contribution in [0.5, 0.6) is 0 Å². The highest BCUT2D eigenvalue weighted by Gasteiger charge is 2.29. The Bertz CT molecular complexity index is 283. The summed E-state index contributed by atoms with van der Waals surface area (Å²) in [5.41, 5.74) is 5.37. The molecule has 0 aromatic carbocycles. The van der Waals surface area contributed by atoms with Gasteiger partial charge in [0, 0.05) is 19.1 Å². The number of rotatable bonds is 8. The van der Waals surface area contributed by atoms with Crippen molar-refractivity contribution >= 4 is 0 Å². The summed E-state index contributed by atoms with van der Waals surface area (Å²) in [4.78, 5) is 2.43. The van der Waals surface area contributed by atoms with Crippen molar-refractivity contribution < 1.29 is 9.15 Å². The van der Waals surface area contributed by atoms with Crippen molar-refractivity contribution in [3.8, 4) is 0 Å². The number of nitrogens with zero attached hydrogens (tertiary/aromatic N) is 1. The van der Waals surface area contributed by atoms with Crippen LogP contribution >= 0.6 is 0 Å². The van der Waals surface area contributed by atoms with Crippen molar-refractivity contribution in [3.63, 3.8) is 0 Å². The quantitative estimate of drug-likeness (QED) is 0.675. The van der Waals surface area contributed by atoms with E-state index in [0.717, 1.165) is 31.5 Å². The van der Waals surface area contributed by atoms with Gasteiger partial charge in [0.2, 0.25) is 0 Å². The van der Waals surface area contributed by atoms with E-state index in [1.165, 1.54) is 12.8 Å². The van der Waals surface area contributed by atoms with Crippen LogP contribution < -0.4 is 5.73 Å². The molecule has 2 rings (SSSR count). The number of furan rings is 1. The molecule has 0 unspecified atom stereocenters. The molecular formula is C12H20N2O2. The summed E-state index contributed by atoms with van der Waals surface area (Å²) in [6.45, 7) is 3.87. The Morgan fingerprint density at radius 2 is 2.31 bits per heavy atom. The number of nitrogens with two attached hydrogens (primary N) is 1. The zero-order valence-electron chi connectivity index (χ0n) is 9.60. The first-order chi connectivity index (χ1) is 7.90. The van der Waals surface area contributed by atoms with Crippen LogP contribution in [0.3, 0.4) is 0 Å². The highest BCUT2D eigenvalue weighted by Crippen LogP contribution is 2.28. The van der Waals surface area contributed by atoms with Gasteiger partial charge in [-0.1, -0.05) is 0 Å². The molecule has 0 atom stereocenters. The van der Waals surface area contributed by atoms with E-state index in [0.29, 0.717) is 13.2 Å². The maximum atomic E-state index is 5.41. The molecule has 1 aliphatic carbocycles. The van der Waals surface area contributed by atoms with Crippen molar-refractivity contribution in [2.24, 2.45) is 5.73 Å². The maximum absolute atomic E-state index is 5.41. The molecule has 1 aliphatic rings. The van der Waals surface area contributed by atoms with E-state index in [2.05, 4.69) is 4.90 Å². The molecule has 16 heavy (non-hydrogen) atoms.